The molecule has 0 atom stereocenters. The molecule has 0 aliphatic carbocycles. The quantitative estimate of drug-likeness (QED) is 0.810. The summed E-state index contributed by atoms with van der Waals surface area (Å²) in [7, 11) is 0. The number of aromatic carboxylic acids is 1. The SMILES string of the molecule is Cc1cccc(-c2c(C(=O)O)n[nH]c2C)c1. The number of hydrogen-bond donors (Lipinski definition) is 2. The number of rotatable bonds is 2. The molecule has 1 aromatic carbocycles. The molecule has 1 aromatic heterocycles. The van der Waals surface area contributed by atoms with Crippen LogP contribution in [-0.4, -0.2) is 21.3 Å². The molecule has 2 rings (SSSR count). The highest BCUT2D eigenvalue weighted by Gasteiger charge is 2.17. The Kier molecular flexibility index (Phi) is 2.48. The van der Waals surface area contributed by atoms with Gasteiger partial charge in [0, 0.05) is 11.3 Å². The van der Waals surface area contributed by atoms with Crippen molar-refractivity contribution >= 4 is 5.97 Å². The first-order chi connectivity index (χ1) is 7.59. The largest absolute Gasteiger partial charge is 0.476 e. The molecule has 4 nitrogen and oxygen atoms in total. The Bertz CT molecular complexity index is 544. The van der Waals surface area contributed by atoms with Crippen LogP contribution in [0, 0.1) is 13.8 Å². The number of nitrogens with one attached hydrogen (secondary N) is 1. The minimum Gasteiger partial charge on any atom is -0.476 e. The van der Waals surface area contributed by atoms with Crippen LogP contribution in [0.5, 0.6) is 0 Å². The van der Waals surface area contributed by atoms with Gasteiger partial charge in [-0.2, -0.15) is 5.10 Å². The maximum Gasteiger partial charge on any atom is 0.357 e. The van der Waals surface area contributed by atoms with E-state index in [0.29, 0.717) is 5.56 Å². The van der Waals surface area contributed by atoms with Gasteiger partial charge in [-0.3, -0.25) is 5.10 Å². The van der Waals surface area contributed by atoms with Gasteiger partial charge < -0.3 is 5.11 Å². The predicted molar refractivity (Wildman–Crippen MR) is 60.5 cm³/mol. The lowest BCUT2D eigenvalue weighted by Gasteiger charge is -2.02. The minimum absolute atomic E-state index is 0.0723. The number of aryl methyl sites for hydroxylation is 2. The molecular weight excluding hydrogens is 204 g/mol. The molecule has 0 bridgehead atoms. The Morgan fingerprint density at radius 2 is 2.12 bits per heavy atom. The molecule has 2 aromatic rings. The van der Waals surface area contributed by atoms with Crippen LogP contribution in [0.2, 0.25) is 0 Å². The van der Waals surface area contributed by atoms with Crippen molar-refractivity contribution in [2.24, 2.45) is 0 Å². The summed E-state index contributed by atoms with van der Waals surface area (Å²) in [4.78, 5) is 11.0. The van der Waals surface area contributed by atoms with E-state index in [1.54, 1.807) is 0 Å². The maximum absolute atomic E-state index is 11.0. The third-order valence-electron chi connectivity index (χ3n) is 2.46. The predicted octanol–water partition coefficient (Wildman–Crippen LogP) is 2.39. The standard InChI is InChI=1S/C12H12N2O2/c1-7-4-3-5-9(6-7)10-8(2)13-14-11(10)12(15)16/h3-6H,1-2H3,(H,13,14)(H,15,16). The third kappa shape index (κ3) is 1.69. The van der Waals surface area contributed by atoms with E-state index in [-0.39, 0.29) is 5.69 Å². The number of aromatic amines is 1. The van der Waals surface area contributed by atoms with Gasteiger partial charge >= 0.3 is 5.97 Å². The number of carbonyl (C=O) groups is 1. The highest BCUT2D eigenvalue weighted by Crippen LogP contribution is 2.26. The van der Waals surface area contributed by atoms with E-state index in [1.807, 2.05) is 38.1 Å². The van der Waals surface area contributed by atoms with Gasteiger partial charge in [-0.25, -0.2) is 4.79 Å². The van der Waals surface area contributed by atoms with Crippen molar-refractivity contribution in [3.8, 4) is 11.1 Å². The van der Waals surface area contributed by atoms with Crippen LogP contribution in [0.1, 0.15) is 21.7 Å². The first-order valence-electron chi connectivity index (χ1n) is 4.95. The molecule has 16 heavy (non-hydrogen) atoms. The molecular formula is C12H12N2O2. The van der Waals surface area contributed by atoms with Crippen LogP contribution in [0.25, 0.3) is 11.1 Å². The smallest absolute Gasteiger partial charge is 0.357 e. The molecule has 82 valence electrons. The van der Waals surface area contributed by atoms with Crippen LogP contribution in [0.3, 0.4) is 0 Å². The second kappa shape index (κ2) is 3.81. The van der Waals surface area contributed by atoms with Crippen LogP contribution in [0.15, 0.2) is 24.3 Å². The summed E-state index contributed by atoms with van der Waals surface area (Å²) in [6.45, 7) is 3.79. The van der Waals surface area contributed by atoms with Crippen molar-refractivity contribution in [3.05, 3.63) is 41.2 Å². The number of aromatic nitrogens is 2. The Morgan fingerprint density at radius 3 is 2.75 bits per heavy atom. The fourth-order valence-electron chi connectivity index (χ4n) is 1.74. The first kappa shape index (κ1) is 10.4. The van der Waals surface area contributed by atoms with Crippen molar-refractivity contribution < 1.29 is 9.90 Å². The molecule has 2 N–H and O–H groups in total. The van der Waals surface area contributed by atoms with Gasteiger partial charge in [-0.05, 0) is 19.4 Å². The Hall–Kier alpha value is -2.10. The summed E-state index contributed by atoms with van der Waals surface area (Å²) in [5.41, 5.74) is 3.47. The van der Waals surface area contributed by atoms with Crippen LogP contribution in [0.4, 0.5) is 0 Å². The molecule has 0 aliphatic heterocycles. The van der Waals surface area contributed by atoms with Gasteiger partial charge in [0.15, 0.2) is 5.69 Å². The molecule has 0 saturated heterocycles. The number of hydrogen-bond acceptors (Lipinski definition) is 2. The number of carboxylic acids is 1. The Balaban J connectivity index is 2.63. The van der Waals surface area contributed by atoms with Gasteiger partial charge in [-0.1, -0.05) is 29.8 Å². The summed E-state index contributed by atoms with van der Waals surface area (Å²) in [6, 6.07) is 7.71. The minimum atomic E-state index is -1.01. The zero-order valence-corrected chi connectivity index (χ0v) is 9.11. The lowest BCUT2D eigenvalue weighted by atomic mass is 10.0. The van der Waals surface area contributed by atoms with E-state index in [1.165, 1.54) is 0 Å². The fraction of sp³-hybridized carbons (Fsp3) is 0.167. The van der Waals surface area contributed by atoms with Crippen molar-refractivity contribution in [1.29, 1.82) is 0 Å². The molecule has 0 unspecified atom stereocenters. The summed E-state index contributed by atoms with van der Waals surface area (Å²) >= 11 is 0. The van der Waals surface area contributed by atoms with Gasteiger partial charge in [0.1, 0.15) is 0 Å². The Labute approximate surface area is 92.9 Å². The molecule has 0 radical (unpaired) electrons. The molecule has 0 aliphatic rings. The van der Waals surface area contributed by atoms with Gasteiger partial charge in [0.05, 0.1) is 0 Å². The molecule has 0 amide bonds. The Morgan fingerprint density at radius 1 is 1.38 bits per heavy atom. The summed E-state index contributed by atoms with van der Waals surface area (Å²) in [5, 5.41) is 15.5. The van der Waals surface area contributed by atoms with Crippen molar-refractivity contribution in [3.63, 3.8) is 0 Å². The monoisotopic (exact) mass is 216 g/mol. The number of benzene rings is 1. The third-order valence-corrected chi connectivity index (χ3v) is 2.46. The van der Waals surface area contributed by atoms with Crippen molar-refractivity contribution in [2.45, 2.75) is 13.8 Å². The van der Waals surface area contributed by atoms with Gasteiger partial charge in [0.25, 0.3) is 0 Å². The van der Waals surface area contributed by atoms with Crippen LogP contribution >= 0.6 is 0 Å². The molecule has 4 heteroatoms. The number of nitrogens with zero attached hydrogens (tertiary/aromatic N) is 1. The molecule has 0 spiro atoms. The van der Waals surface area contributed by atoms with Crippen molar-refractivity contribution in [2.75, 3.05) is 0 Å². The van der Waals surface area contributed by atoms with E-state index in [2.05, 4.69) is 10.2 Å². The average Bonchev–Trinajstić information content (AvgIpc) is 2.60. The zero-order valence-electron chi connectivity index (χ0n) is 9.11. The summed E-state index contributed by atoms with van der Waals surface area (Å²) < 4.78 is 0. The number of H-pyrrole nitrogens is 1. The average molecular weight is 216 g/mol. The zero-order chi connectivity index (χ0) is 11.7. The second-order valence-electron chi connectivity index (χ2n) is 3.75. The van der Waals surface area contributed by atoms with E-state index < -0.39 is 5.97 Å². The van der Waals surface area contributed by atoms with Crippen LogP contribution < -0.4 is 0 Å². The lowest BCUT2D eigenvalue weighted by molar-refractivity contribution is 0.0691. The van der Waals surface area contributed by atoms with E-state index >= 15 is 0 Å². The summed E-state index contributed by atoms with van der Waals surface area (Å²) in [6.07, 6.45) is 0. The fourth-order valence-corrected chi connectivity index (χ4v) is 1.74. The van der Waals surface area contributed by atoms with E-state index in [4.69, 9.17) is 5.11 Å². The molecule has 1 heterocycles. The highest BCUT2D eigenvalue weighted by atomic mass is 16.4. The molecule has 0 fully saturated rings. The van der Waals surface area contributed by atoms with E-state index in [0.717, 1.165) is 16.8 Å². The normalized spacial score (nSPS) is 10.4. The van der Waals surface area contributed by atoms with E-state index in [9.17, 15) is 4.79 Å². The van der Waals surface area contributed by atoms with Gasteiger partial charge in [-0.15, -0.1) is 0 Å². The maximum atomic E-state index is 11.0. The van der Waals surface area contributed by atoms with Gasteiger partial charge in [0.2, 0.25) is 0 Å². The lowest BCUT2D eigenvalue weighted by Crippen LogP contribution is -1.99. The highest BCUT2D eigenvalue weighted by molar-refractivity contribution is 5.94. The van der Waals surface area contributed by atoms with Crippen LogP contribution in [-0.2, 0) is 0 Å². The first-order valence-corrected chi connectivity index (χ1v) is 4.95. The topological polar surface area (TPSA) is 66.0 Å². The molecule has 0 saturated carbocycles. The summed E-state index contributed by atoms with van der Waals surface area (Å²) in [5.74, 6) is -1.01. The second-order valence-corrected chi connectivity index (χ2v) is 3.75. The van der Waals surface area contributed by atoms with Crippen molar-refractivity contribution in [1.82, 2.24) is 10.2 Å². The number of carboxylic acid groups (broad SMARTS) is 1.